The number of benzene rings is 2. The number of anilines is 2. The van der Waals surface area contributed by atoms with Crippen LogP contribution in [0, 0.1) is 0 Å². The molecule has 2 aliphatic rings. The predicted molar refractivity (Wildman–Crippen MR) is 148 cm³/mol. The standard InChI is InChI=1S/C28H34N6O3S/c1-20-18-33(19-21(2)30-20)27(35)23-6-10-24(11-7-23)31-28-29-15-14-26(32-28)22-8-12-25(13-9-22)38(36,37)34-16-4-3-5-17-34/h6-15,20-21,30H,3-5,16-19H2,1-2H3,(H,29,31,32)/t20-,21+. The van der Waals surface area contributed by atoms with Crippen LogP contribution in [0.1, 0.15) is 43.5 Å². The van der Waals surface area contributed by atoms with Gasteiger partial charge in [0.1, 0.15) is 0 Å². The molecule has 9 nitrogen and oxygen atoms in total. The van der Waals surface area contributed by atoms with Crippen LogP contribution in [0.4, 0.5) is 11.6 Å². The topological polar surface area (TPSA) is 108 Å². The van der Waals surface area contributed by atoms with Crippen LogP contribution in [0.3, 0.4) is 0 Å². The molecule has 0 unspecified atom stereocenters. The molecule has 2 N–H and O–H groups in total. The second-order valence-electron chi connectivity index (χ2n) is 10.1. The maximum absolute atomic E-state index is 13.0. The van der Waals surface area contributed by atoms with Gasteiger partial charge in [-0.3, -0.25) is 4.79 Å². The van der Waals surface area contributed by atoms with Gasteiger partial charge in [0.05, 0.1) is 10.6 Å². The molecule has 1 amide bonds. The predicted octanol–water partition coefficient (Wildman–Crippen LogP) is 3.88. The zero-order valence-corrected chi connectivity index (χ0v) is 22.6. The van der Waals surface area contributed by atoms with Crippen molar-refractivity contribution < 1.29 is 13.2 Å². The number of rotatable bonds is 6. The molecule has 38 heavy (non-hydrogen) atoms. The lowest BCUT2D eigenvalue weighted by Gasteiger charge is -2.36. The minimum atomic E-state index is -3.47. The molecule has 0 saturated carbocycles. The molecule has 2 aromatic carbocycles. The van der Waals surface area contributed by atoms with Crippen LogP contribution in [0.25, 0.3) is 11.3 Å². The third-order valence-electron chi connectivity index (χ3n) is 6.99. The number of nitrogens with zero attached hydrogens (tertiary/aromatic N) is 4. The molecular formula is C28H34N6O3S. The first-order valence-electron chi connectivity index (χ1n) is 13.2. The van der Waals surface area contributed by atoms with Gasteiger partial charge < -0.3 is 15.5 Å². The van der Waals surface area contributed by atoms with E-state index < -0.39 is 10.0 Å². The van der Waals surface area contributed by atoms with Crippen LogP contribution in [-0.4, -0.2) is 71.8 Å². The van der Waals surface area contributed by atoms with E-state index in [0.717, 1.165) is 30.5 Å². The maximum Gasteiger partial charge on any atom is 0.253 e. The van der Waals surface area contributed by atoms with Gasteiger partial charge in [-0.15, -0.1) is 0 Å². The number of sulfonamides is 1. The first kappa shape index (κ1) is 26.3. The van der Waals surface area contributed by atoms with Gasteiger partial charge in [-0.2, -0.15) is 4.31 Å². The fraction of sp³-hybridized carbons (Fsp3) is 0.393. The Labute approximate surface area is 224 Å². The lowest BCUT2D eigenvalue weighted by Crippen LogP contribution is -2.55. The van der Waals surface area contributed by atoms with E-state index in [1.807, 2.05) is 29.2 Å². The van der Waals surface area contributed by atoms with Gasteiger partial charge in [0.15, 0.2) is 0 Å². The second-order valence-corrected chi connectivity index (χ2v) is 12.1. The van der Waals surface area contributed by atoms with E-state index in [2.05, 4.69) is 34.4 Å². The van der Waals surface area contributed by atoms with E-state index in [0.29, 0.717) is 48.3 Å². The summed E-state index contributed by atoms with van der Waals surface area (Å²) in [5.74, 6) is 0.442. The van der Waals surface area contributed by atoms with Crippen LogP contribution in [0.2, 0.25) is 0 Å². The molecule has 2 fully saturated rings. The molecule has 2 saturated heterocycles. The van der Waals surface area contributed by atoms with Crippen LogP contribution in [-0.2, 0) is 10.0 Å². The lowest BCUT2D eigenvalue weighted by atomic mass is 10.1. The minimum absolute atomic E-state index is 0.0285. The van der Waals surface area contributed by atoms with Gasteiger partial charge in [0.25, 0.3) is 5.91 Å². The zero-order valence-electron chi connectivity index (χ0n) is 21.8. The first-order valence-corrected chi connectivity index (χ1v) is 14.6. The van der Waals surface area contributed by atoms with Crippen molar-refractivity contribution in [1.29, 1.82) is 0 Å². The summed E-state index contributed by atoms with van der Waals surface area (Å²) < 4.78 is 27.5. The molecule has 10 heteroatoms. The van der Waals surface area contributed by atoms with Crippen LogP contribution >= 0.6 is 0 Å². The van der Waals surface area contributed by atoms with Crippen molar-refractivity contribution in [2.24, 2.45) is 0 Å². The van der Waals surface area contributed by atoms with Crippen molar-refractivity contribution in [1.82, 2.24) is 24.5 Å². The average Bonchev–Trinajstić information content (AvgIpc) is 2.93. The van der Waals surface area contributed by atoms with E-state index in [-0.39, 0.29) is 18.0 Å². The summed E-state index contributed by atoms with van der Waals surface area (Å²) >= 11 is 0. The highest BCUT2D eigenvalue weighted by Crippen LogP contribution is 2.25. The maximum atomic E-state index is 13.0. The lowest BCUT2D eigenvalue weighted by molar-refractivity contribution is 0.0674. The highest BCUT2D eigenvalue weighted by Gasteiger charge is 2.26. The molecule has 3 aromatic rings. The normalized spacial score (nSPS) is 20.7. The Kier molecular flexibility index (Phi) is 7.73. The number of aromatic nitrogens is 2. The Morgan fingerprint density at radius 3 is 2.24 bits per heavy atom. The average molecular weight is 535 g/mol. The number of carbonyl (C=O) groups excluding carboxylic acids is 1. The molecule has 0 spiro atoms. The molecule has 1 aromatic heterocycles. The van der Waals surface area contributed by atoms with Gasteiger partial charge in [0.2, 0.25) is 16.0 Å². The number of piperidine rings is 1. The summed E-state index contributed by atoms with van der Waals surface area (Å²) in [5, 5.41) is 6.64. The molecular weight excluding hydrogens is 500 g/mol. The fourth-order valence-corrected chi connectivity index (χ4v) is 6.65. The minimum Gasteiger partial charge on any atom is -0.336 e. The van der Waals surface area contributed by atoms with Crippen molar-refractivity contribution in [2.75, 3.05) is 31.5 Å². The summed E-state index contributed by atoms with van der Waals surface area (Å²) in [6.07, 6.45) is 4.55. The Bertz CT molecular complexity index is 1360. The third kappa shape index (κ3) is 5.87. The smallest absolute Gasteiger partial charge is 0.253 e. The monoisotopic (exact) mass is 534 g/mol. The molecule has 3 heterocycles. The van der Waals surface area contributed by atoms with Gasteiger partial charge in [-0.25, -0.2) is 18.4 Å². The number of carbonyl (C=O) groups is 1. The highest BCUT2D eigenvalue weighted by atomic mass is 32.2. The van der Waals surface area contributed by atoms with Gasteiger partial charge >= 0.3 is 0 Å². The number of hydrogen-bond donors (Lipinski definition) is 2. The summed E-state index contributed by atoms with van der Waals surface area (Å²) in [4.78, 5) is 24.1. The van der Waals surface area contributed by atoms with Crippen molar-refractivity contribution in [3.05, 3.63) is 66.4 Å². The quantitative estimate of drug-likeness (QED) is 0.494. The van der Waals surface area contributed by atoms with Gasteiger partial charge in [0, 0.05) is 61.3 Å². The number of nitrogens with one attached hydrogen (secondary N) is 2. The summed E-state index contributed by atoms with van der Waals surface area (Å²) in [7, 11) is -3.47. The molecule has 5 rings (SSSR count). The number of piperazine rings is 1. The van der Waals surface area contributed by atoms with Crippen LogP contribution in [0.5, 0.6) is 0 Å². The molecule has 0 aliphatic carbocycles. The van der Waals surface area contributed by atoms with Crippen molar-refractivity contribution in [2.45, 2.75) is 50.1 Å². The van der Waals surface area contributed by atoms with E-state index in [1.165, 1.54) is 0 Å². The third-order valence-corrected chi connectivity index (χ3v) is 8.90. The molecule has 200 valence electrons. The Balaban J connectivity index is 1.26. The molecule has 0 bridgehead atoms. The SMILES string of the molecule is C[C@@H]1CN(C(=O)c2ccc(Nc3nccc(-c4ccc(S(=O)(=O)N5CCCCC5)cc4)n3)cc2)C[C@H](C)N1. The zero-order chi connectivity index (χ0) is 26.7. The van der Waals surface area contributed by atoms with Crippen LogP contribution < -0.4 is 10.6 Å². The molecule has 2 atom stereocenters. The summed E-state index contributed by atoms with van der Waals surface area (Å²) in [6, 6.07) is 16.5. The van der Waals surface area contributed by atoms with Gasteiger partial charge in [-0.05, 0) is 69.2 Å². The fourth-order valence-electron chi connectivity index (χ4n) is 5.13. The van der Waals surface area contributed by atoms with Crippen molar-refractivity contribution in [3.8, 4) is 11.3 Å². The van der Waals surface area contributed by atoms with E-state index >= 15 is 0 Å². The molecule has 2 aliphatic heterocycles. The number of amides is 1. The van der Waals surface area contributed by atoms with E-state index in [1.54, 1.807) is 40.8 Å². The second kappa shape index (κ2) is 11.2. The highest BCUT2D eigenvalue weighted by molar-refractivity contribution is 7.89. The van der Waals surface area contributed by atoms with E-state index in [4.69, 9.17) is 0 Å². The summed E-state index contributed by atoms with van der Waals surface area (Å²) in [6.45, 7) is 6.71. The van der Waals surface area contributed by atoms with Crippen molar-refractivity contribution >= 4 is 27.6 Å². The number of hydrogen-bond acceptors (Lipinski definition) is 7. The summed E-state index contributed by atoms with van der Waals surface area (Å²) in [5.41, 5.74) is 2.89. The van der Waals surface area contributed by atoms with Gasteiger partial charge in [-0.1, -0.05) is 18.6 Å². The Morgan fingerprint density at radius 1 is 0.921 bits per heavy atom. The first-order chi connectivity index (χ1) is 18.3. The van der Waals surface area contributed by atoms with Crippen LogP contribution in [0.15, 0.2) is 65.7 Å². The Hall–Kier alpha value is -3.34. The van der Waals surface area contributed by atoms with Crippen molar-refractivity contribution in [3.63, 3.8) is 0 Å². The molecule has 0 radical (unpaired) electrons. The largest absolute Gasteiger partial charge is 0.336 e. The van der Waals surface area contributed by atoms with E-state index in [9.17, 15) is 13.2 Å². The Morgan fingerprint density at radius 2 is 1.58 bits per heavy atom.